The SMILES string of the molecule is O=C(NC1(c2c(F)cc(F)cc2F)CC1)c1ccc[nH]1. The second-order valence-corrected chi connectivity index (χ2v) is 4.86. The average molecular weight is 280 g/mol. The molecule has 0 unspecified atom stereocenters. The van der Waals surface area contributed by atoms with Gasteiger partial charge in [-0.1, -0.05) is 0 Å². The Morgan fingerprint density at radius 1 is 1.20 bits per heavy atom. The van der Waals surface area contributed by atoms with Gasteiger partial charge >= 0.3 is 0 Å². The maximum Gasteiger partial charge on any atom is 0.268 e. The number of amides is 1. The van der Waals surface area contributed by atoms with Crippen molar-refractivity contribution in [1.82, 2.24) is 10.3 Å². The standard InChI is InChI=1S/C14H11F3N2O/c15-8-6-9(16)12(10(17)7-8)14(3-4-14)19-13(20)11-2-1-5-18-11/h1-2,5-7,18H,3-4H2,(H,19,20). The Kier molecular flexibility index (Phi) is 2.81. The molecule has 1 aliphatic rings. The number of H-pyrrole nitrogens is 1. The van der Waals surface area contributed by atoms with Crippen LogP contribution in [0.1, 0.15) is 28.9 Å². The van der Waals surface area contributed by atoms with Crippen molar-refractivity contribution in [2.24, 2.45) is 0 Å². The normalized spacial score (nSPS) is 15.9. The molecular weight excluding hydrogens is 269 g/mol. The Bertz CT molecular complexity index is 640. The second-order valence-electron chi connectivity index (χ2n) is 4.86. The van der Waals surface area contributed by atoms with Crippen molar-refractivity contribution in [2.75, 3.05) is 0 Å². The van der Waals surface area contributed by atoms with Gasteiger partial charge in [-0.15, -0.1) is 0 Å². The minimum absolute atomic E-state index is 0.279. The van der Waals surface area contributed by atoms with Gasteiger partial charge in [0.2, 0.25) is 0 Å². The number of benzene rings is 1. The molecule has 1 fully saturated rings. The summed E-state index contributed by atoms with van der Waals surface area (Å²) < 4.78 is 40.5. The average Bonchev–Trinajstić information content (AvgIpc) is 2.92. The lowest BCUT2D eigenvalue weighted by Crippen LogP contribution is -2.36. The third-order valence-electron chi connectivity index (χ3n) is 3.43. The molecule has 3 nitrogen and oxygen atoms in total. The zero-order valence-corrected chi connectivity index (χ0v) is 10.3. The third-order valence-corrected chi connectivity index (χ3v) is 3.43. The topological polar surface area (TPSA) is 44.9 Å². The van der Waals surface area contributed by atoms with Gasteiger partial charge in [0.15, 0.2) is 0 Å². The summed E-state index contributed by atoms with van der Waals surface area (Å²) in [4.78, 5) is 14.7. The number of aromatic amines is 1. The first kappa shape index (κ1) is 12.8. The molecule has 2 aromatic rings. The first-order valence-corrected chi connectivity index (χ1v) is 6.13. The number of carbonyl (C=O) groups excluding carboxylic acids is 1. The predicted molar refractivity (Wildman–Crippen MR) is 65.5 cm³/mol. The third kappa shape index (κ3) is 2.07. The highest BCUT2D eigenvalue weighted by Gasteiger charge is 2.49. The van der Waals surface area contributed by atoms with Crippen molar-refractivity contribution in [3.05, 3.63) is 59.2 Å². The van der Waals surface area contributed by atoms with Crippen molar-refractivity contribution >= 4 is 5.91 Å². The number of nitrogens with one attached hydrogen (secondary N) is 2. The van der Waals surface area contributed by atoms with E-state index in [4.69, 9.17) is 0 Å². The van der Waals surface area contributed by atoms with Crippen LogP contribution >= 0.6 is 0 Å². The molecule has 0 saturated heterocycles. The molecule has 1 aromatic heterocycles. The molecule has 20 heavy (non-hydrogen) atoms. The van der Waals surface area contributed by atoms with E-state index in [9.17, 15) is 18.0 Å². The smallest absolute Gasteiger partial charge is 0.268 e. The summed E-state index contributed by atoms with van der Waals surface area (Å²) in [5.74, 6) is -3.38. The Morgan fingerprint density at radius 2 is 1.85 bits per heavy atom. The number of hydrogen-bond donors (Lipinski definition) is 2. The van der Waals surface area contributed by atoms with Gasteiger partial charge in [0.25, 0.3) is 5.91 Å². The Balaban J connectivity index is 1.92. The summed E-state index contributed by atoms with van der Waals surface area (Å²) >= 11 is 0. The van der Waals surface area contributed by atoms with Crippen LogP contribution < -0.4 is 5.32 Å². The predicted octanol–water partition coefficient (Wildman–Crippen LogP) is 2.85. The van der Waals surface area contributed by atoms with Crippen molar-refractivity contribution in [1.29, 1.82) is 0 Å². The fourth-order valence-electron chi connectivity index (χ4n) is 2.32. The van der Waals surface area contributed by atoms with Gasteiger partial charge in [0.1, 0.15) is 23.1 Å². The van der Waals surface area contributed by atoms with Gasteiger partial charge in [0, 0.05) is 23.9 Å². The molecule has 0 spiro atoms. The van der Waals surface area contributed by atoms with E-state index in [-0.39, 0.29) is 5.56 Å². The lowest BCUT2D eigenvalue weighted by Gasteiger charge is -2.19. The summed E-state index contributed by atoms with van der Waals surface area (Å²) in [5, 5.41) is 2.61. The van der Waals surface area contributed by atoms with Crippen LogP contribution in [0, 0.1) is 17.5 Å². The summed E-state index contributed by atoms with van der Waals surface area (Å²) in [6, 6.07) is 4.45. The van der Waals surface area contributed by atoms with E-state index < -0.39 is 28.9 Å². The monoisotopic (exact) mass is 280 g/mol. The van der Waals surface area contributed by atoms with E-state index in [1.54, 1.807) is 18.3 Å². The maximum atomic E-state index is 13.8. The molecule has 6 heteroatoms. The van der Waals surface area contributed by atoms with Crippen LogP contribution in [0.3, 0.4) is 0 Å². The molecule has 2 N–H and O–H groups in total. The Labute approximate surface area is 112 Å². The second kappa shape index (κ2) is 4.40. The summed E-state index contributed by atoms with van der Waals surface area (Å²) in [7, 11) is 0. The fourth-order valence-corrected chi connectivity index (χ4v) is 2.32. The van der Waals surface area contributed by atoms with E-state index >= 15 is 0 Å². The lowest BCUT2D eigenvalue weighted by molar-refractivity contribution is 0.0925. The highest BCUT2D eigenvalue weighted by Crippen LogP contribution is 2.47. The molecule has 1 aromatic carbocycles. The number of halogens is 3. The summed E-state index contributed by atoms with van der Waals surface area (Å²) in [6.07, 6.45) is 2.41. The molecule has 104 valence electrons. The van der Waals surface area contributed by atoms with Gasteiger partial charge in [0.05, 0.1) is 5.54 Å². The van der Waals surface area contributed by atoms with Crippen LogP contribution in [0.2, 0.25) is 0 Å². The zero-order valence-electron chi connectivity index (χ0n) is 10.3. The minimum atomic E-state index is -1.08. The van der Waals surface area contributed by atoms with Crippen LogP contribution in [0.5, 0.6) is 0 Å². The Hall–Kier alpha value is -2.24. The van der Waals surface area contributed by atoms with E-state index in [0.29, 0.717) is 30.7 Å². The summed E-state index contributed by atoms with van der Waals surface area (Å²) in [6.45, 7) is 0. The van der Waals surface area contributed by atoms with Gasteiger partial charge in [-0.2, -0.15) is 0 Å². The molecule has 1 aliphatic carbocycles. The van der Waals surface area contributed by atoms with Gasteiger partial charge in [-0.05, 0) is 25.0 Å². The van der Waals surface area contributed by atoms with Gasteiger partial charge < -0.3 is 10.3 Å². The molecule has 3 rings (SSSR count). The molecule has 0 atom stereocenters. The van der Waals surface area contributed by atoms with Crippen LogP contribution in [0.4, 0.5) is 13.2 Å². The highest BCUT2D eigenvalue weighted by molar-refractivity contribution is 5.93. The van der Waals surface area contributed by atoms with Crippen LogP contribution in [-0.2, 0) is 5.54 Å². The molecule has 0 bridgehead atoms. The first-order chi connectivity index (χ1) is 9.52. The van der Waals surface area contributed by atoms with Gasteiger partial charge in [-0.25, -0.2) is 13.2 Å². The van der Waals surface area contributed by atoms with E-state index in [1.807, 2.05) is 0 Å². The van der Waals surface area contributed by atoms with Gasteiger partial charge in [-0.3, -0.25) is 4.79 Å². The molecule has 1 amide bonds. The minimum Gasteiger partial charge on any atom is -0.357 e. The maximum absolute atomic E-state index is 13.8. The number of carbonyl (C=O) groups is 1. The molecular formula is C14H11F3N2O. The lowest BCUT2D eigenvalue weighted by atomic mass is 10.0. The first-order valence-electron chi connectivity index (χ1n) is 6.13. The largest absolute Gasteiger partial charge is 0.357 e. The van der Waals surface area contributed by atoms with Crippen LogP contribution in [0.25, 0.3) is 0 Å². The fraction of sp³-hybridized carbons (Fsp3) is 0.214. The zero-order chi connectivity index (χ0) is 14.3. The van der Waals surface area contributed by atoms with Crippen molar-refractivity contribution < 1.29 is 18.0 Å². The summed E-state index contributed by atoms with van der Waals surface area (Å²) in [5.41, 5.74) is -1.05. The van der Waals surface area contributed by atoms with E-state index in [2.05, 4.69) is 10.3 Å². The quantitative estimate of drug-likeness (QED) is 0.892. The Morgan fingerprint density at radius 3 is 2.35 bits per heavy atom. The van der Waals surface area contributed by atoms with E-state index in [0.717, 1.165) is 0 Å². The molecule has 1 saturated carbocycles. The van der Waals surface area contributed by atoms with Crippen LogP contribution in [-0.4, -0.2) is 10.9 Å². The van der Waals surface area contributed by atoms with Crippen molar-refractivity contribution in [3.8, 4) is 0 Å². The highest BCUT2D eigenvalue weighted by atomic mass is 19.1. The van der Waals surface area contributed by atoms with E-state index in [1.165, 1.54) is 0 Å². The molecule has 1 heterocycles. The number of hydrogen-bond acceptors (Lipinski definition) is 1. The van der Waals surface area contributed by atoms with Crippen molar-refractivity contribution in [2.45, 2.75) is 18.4 Å². The molecule has 0 radical (unpaired) electrons. The number of rotatable bonds is 3. The van der Waals surface area contributed by atoms with Crippen molar-refractivity contribution in [3.63, 3.8) is 0 Å². The number of aromatic nitrogens is 1. The van der Waals surface area contributed by atoms with Crippen LogP contribution in [0.15, 0.2) is 30.5 Å². The molecule has 0 aliphatic heterocycles.